The first-order valence-corrected chi connectivity index (χ1v) is 11.2. The number of hydrogen-bond donors (Lipinski definition) is 2. The zero-order valence-corrected chi connectivity index (χ0v) is 20.2. The molecule has 0 spiro atoms. The Morgan fingerprint density at radius 2 is 1.85 bits per heavy atom. The number of aromatic hydroxyl groups is 1. The Labute approximate surface area is 196 Å². The summed E-state index contributed by atoms with van der Waals surface area (Å²) in [5.74, 6) is 0.935. The molecule has 2 heterocycles. The Morgan fingerprint density at radius 3 is 2.45 bits per heavy atom. The molecule has 174 valence electrons. The summed E-state index contributed by atoms with van der Waals surface area (Å²) in [6, 6.07) is 6.18. The van der Waals surface area contributed by atoms with Gasteiger partial charge in [-0.15, -0.1) is 10.2 Å². The van der Waals surface area contributed by atoms with E-state index in [1.54, 1.807) is 17.2 Å². The molecule has 2 aliphatic heterocycles. The Morgan fingerprint density at radius 1 is 1.15 bits per heavy atom. The van der Waals surface area contributed by atoms with Crippen LogP contribution in [-0.4, -0.2) is 57.4 Å². The SMILES string of the molecule is C=C/C(=N\N=C(/C)N1C[C@@H](C)N[C@@H](C)C1)c1ccc(C2=NN(C=C(C)C)C(=C)C=C2)cc1O. The summed E-state index contributed by atoms with van der Waals surface area (Å²) in [5, 5.41) is 29.4. The van der Waals surface area contributed by atoms with Gasteiger partial charge in [0.2, 0.25) is 0 Å². The van der Waals surface area contributed by atoms with Crippen LogP contribution < -0.4 is 5.32 Å². The lowest BCUT2D eigenvalue weighted by Crippen LogP contribution is -2.55. The molecular formula is C26H34N6O. The number of nitrogens with one attached hydrogen (secondary N) is 1. The van der Waals surface area contributed by atoms with Crippen molar-refractivity contribution >= 4 is 17.3 Å². The minimum atomic E-state index is 0.0951. The number of benzene rings is 1. The number of hydrazone groups is 1. The molecule has 2 aliphatic rings. The smallest absolute Gasteiger partial charge is 0.125 e. The van der Waals surface area contributed by atoms with Crippen LogP contribution in [0, 0.1) is 0 Å². The van der Waals surface area contributed by atoms with Crippen LogP contribution in [-0.2, 0) is 0 Å². The van der Waals surface area contributed by atoms with Gasteiger partial charge < -0.3 is 15.3 Å². The molecule has 3 rings (SSSR count). The number of hydrogen-bond acceptors (Lipinski definition) is 6. The van der Waals surface area contributed by atoms with Crippen LogP contribution in [0.1, 0.15) is 45.7 Å². The van der Waals surface area contributed by atoms with Crippen LogP contribution in [0.2, 0.25) is 0 Å². The van der Waals surface area contributed by atoms with Crippen molar-refractivity contribution in [2.75, 3.05) is 13.1 Å². The largest absolute Gasteiger partial charge is 0.507 e. The van der Waals surface area contributed by atoms with Gasteiger partial charge in [-0.1, -0.05) is 24.8 Å². The van der Waals surface area contributed by atoms with E-state index in [0.29, 0.717) is 23.4 Å². The van der Waals surface area contributed by atoms with Crippen LogP contribution in [0.25, 0.3) is 0 Å². The summed E-state index contributed by atoms with van der Waals surface area (Å²) in [6.45, 7) is 19.9. The van der Waals surface area contributed by atoms with Crippen LogP contribution in [0.15, 0.2) is 82.4 Å². The van der Waals surface area contributed by atoms with Crippen molar-refractivity contribution in [3.05, 3.63) is 78.2 Å². The predicted octanol–water partition coefficient (Wildman–Crippen LogP) is 4.40. The van der Waals surface area contributed by atoms with Crippen LogP contribution in [0.5, 0.6) is 5.75 Å². The molecule has 1 saturated heterocycles. The van der Waals surface area contributed by atoms with Crippen molar-refractivity contribution in [2.45, 2.75) is 46.7 Å². The lowest BCUT2D eigenvalue weighted by molar-refractivity contribution is 0.253. The van der Waals surface area contributed by atoms with Gasteiger partial charge in [-0.3, -0.25) is 0 Å². The molecule has 0 bridgehead atoms. The Balaban J connectivity index is 1.84. The van der Waals surface area contributed by atoms with E-state index < -0.39 is 0 Å². The van der Waals surface area contributed by atoms with Crippen molar-refractivity contribution in [3.63, 3.8) is 0 Å². The minimum absolute atomic E-state index is 0.0951. The molecule has 0 aliphatic carbocycles. The summed E-state index contributed by atoms with van der Waals surface area (Å²) in [4.78, 5) is 2.22. The van der Waals surface area contributed by atoms with Crippen molar-refractivity contribution in [1.29, 1.82) is 0 Å². The molecule has 0 saturated carbocycles. The Bertz CT molecular complexity index is 1060. The third kappa shape index (κ3) is 6.08. The molecule has 33 heavy (non-hydrogen) atoms. The Kier molecular flexibility index (Phi) is 7.66. The molecule has 1 aromatic carbocycles. The second-order valence-electron chi connectivity index (χ2n) is 8.80. The molecular weight excluding hydrogens is 412 g/mol. The summed E-state index contributed by atoms with van der Waals surface area (Å²) in [6.07, 6.45) is 7.31. The summed E-state index contributed by atoms with van der Waals surface area (Å²) in [5.41, 5.74) is 4.49. The van der Waals surface area contributed by atoms with Crippen molar-refractivity contribution in [3.8, 4) is 5.75 Å². The highest BCUT2D eigenvalue weighted by Crippen LogP contribution is 2.24. The first kappa shape index (κ1) is 24.2. The highest BCUT2D eigenvalue weighted by molar-refractivity contribution is 6.13. The maximum Gasteiger partial charge on any atom is 0.125 e. The summed E-state index contributed by atoms with van der Waals surface area (Å²) < 4.78 is 0. The standard InChI is InChI=1S/C26H34N6O/c1-8-24(29-28-21(7)31-15-18(4)27-19(5)16-31)23-11-10-22(13-26(23)33)25-12-9-20(6)32(30-25)14-17(2)3/h8-14,18-19,27,33H,1,6,15-16H2,2-5,7H3/b28-21+,29-24+/t18-,19+. The highest BCUT2D eigenvalue weighted by atomic mass is 16.3. The third-order valence-corrected chi connectivity index (χ3v) is 5.40. The van der Waals surface area contributed by atoms with Gasteiger partial charge in [-0.05, 0) is 65.0 Å². The first-order valence-electron chi connectivity index (χ1n) is 11.2. The van der Waals surface area contributed by atoms with Gasteiger partial charge in [0, 0.05) is 42.5 Å². The molecule has 1 aromatic rings. The van der Waals surface area contributed by atoms with E-state index in [4.69, 9.17) is 0 Å². The number of amidine groups is 1. The quantitative estimate of drug-likeness (QED) is 0.399. The minimum Gasteiger partial charge on any atom is -0.507 e. The van der Waals surface area contributed by atoms with Gasteiger partial charge in [0.1, 0.15) is 11.6 Å². The zero-order chi connectivity index (χ0) is 24.1. The van der Waals surface area contributed by atoms with E-state index >= 15 is 0 Å². The average molecular weight is 447 g/mol. The average Bonchev–Trinajstić information content (AvgIpc) is 2.75. The summed E-state index contributed by atoms with van der Waals surface area (Å²) in [7, 11) is 0. The van der Waals surface area contributed by atoms with E-state index in [-0.39, 0.29) is 5.75 Å². The van der Waals surface area contributed by atoms with Crippen molar-refractivity contribution in [1.82, 2.24) is 15.2 Å². The van der Waals surface area contributed by atoms with E-state index in [0.717, 1.165) is 41.5 Å². The second kappa shape index (κ2) is 10.4. The number of phenols is 1. The normalized spacial score (nSPS) is 21.7. The maximum atomic E-state index is 10.8. The van der Waals surface area contributed by atoms with Crippen LogP contribution in [0.4, 0.5) is 0 Å². The highest BCUT2D eigenvalue weighted by Gasteiger charge is 2.21. The van der Waals surface area contributed by atoms with Gasteiger partial charge >= 0.3 is 0 Å². The molecule has 0 aromatic heterocycles. The van der Waals surface area contributed by atoms with Gasteiger partial charge in [-0.2, -0.15) is 5.10 Å². The topological polar surface area (TPSA) is 75.8 Å². The number of rotatable bonds is 5. The van der Waals surface area contributed by atoms with Crippen molar-refractivity contribution < 1.29 is 5.11 Å². The monoisotopic (exact) mass is 446 g/mol. The molecule has 0 radical (unpaired) electrons. The lowest BCUT2D eigenvalue weighted by atomic mass is 10.0. The molecule has 1 fully saturated rings. The summed E-state index contributed by atoms with van der Waals surface area (Å²) >= 11 is 0. The van der Waals surface area contributed by atoms with Gasteiger partial charge in [0.15, 0.2) is 0 Å². The van der Waals surface area contributed by atoms with E-state index in [2.05, 4.69) is 52.5 Å². The lowest BCUT2D eigenvalue weighted by Gasteiger charge is -2.36. The first-order chi connectivity index (χ1) is 15.7. The van der Waals surface area contributed by atoms with E-state index in [1.807, 2.05) is 51.3 Å². The van der Waals surface area contributed by atoms with Gasteiger partial charge in [-0.25, -0.2) is 5.01 Å². The van der Waals surface area contributed by atoms with Gasteiger partial charge in [0.05, 0.1) is 17.1 Å². The fraction of sp³-hybridized carbons (Fsp3) is 0.346. The number of piperazine rings is 1. The molecule has 7 heteroatoms. The molecule has 2 atom stereocenters. The number of allylic oxidation sites excluding steroid dienone is 4. The fourth-order valence-corrected chi connectivity index (χ4v) is 3.87. The van der Waals surface area contributed by atoms with Crippen LogP contribution >= 0.6 is 0 Å². The molecule has 7 nitrogen and oxygen atoms in total. The van der Waals surface area contributed by atoms with Crippen LogP contribution in [0.3, 0.4) is 0 Å². The second-order valence-corrected chi connectivity index (χ2v) is 8.80. The molecule has 2 N–H and O–H groups in total. The molecule has 0 unspecified atom stereocenters. The van der Waals surface area contributed by atoms with E-state index in [9.17, 15) is 5.11 Å². The van der Waals surface area contributed by atoms with E-state index in [1.165, 1.54) is 0 Å². The number of nitrogens with zero attached hydrogens (tertiary/aromatic N) is 5. The van der Waals surface area contributed by atoms with Crippen molar-refractivity contribution in [2.24, 2.45) is 15.3 Å². The number of phenolic OH excluding ortho intramolecular Hbond substituents is 1. The zero-order valence-electron chi connectivity index (χ0n) is 20.2. The van der Waals surface area contributed by atoms with Gasteiger partial charge in [0.25, 0.3) is 0 Å². The molecule has 0 amide bonds. The Hall–Kier alpha value is -3.45. The maximum absolute atomic E-state index is 10.8. The third-order valence-electron chi connectivity index (χ3n) is 5.40. The fourth-order valence-electron chi connectivity index (χ4n) is 3.87. The predicted molar refractivity (Wildman–Crippen MR) is 138 cm³/mol.